The van der Waals surface area contributed by atoms with Crippen LogP contribution in [0, 0.1) is 5.92 Å². The molecule has 0 bridgehead atoms. The number of nitrogens with zero attached hydrogens (tertiary/aromatic N) is 1. The standard InChI is InChI=1S/C18H23NO/c1-16(2)15-20-19(13-17-9-5-3-6-10-17)14-18-11-7-4-8-12-18/h3-12,16H,13-15H2,1-2H3. The van der Waals surface area contributed by atoms with Crippen molar-refractivity contribution in [3.63, 3.8) is 0 Å². The predicted molar refractivity (Wildman–Crippen MR) is 82.9 cm³/mol. The van der Waals surface area contributed by atoms with Crippen molar-refractivity contribution in [3.8, 4) is 0 Å². The van der Waals surface area contributed by atoms with Crippen LogP contribution in [0.4, 0.5) is 0 Å². The fourth-order valence-electron chi connectivity index (χ4n) is 1.98. The Morgan fingerprint density at radius 1 is 0.800 bits per heavy atom. The van der Waals surface area contributed by atoms with Crippen LogP contribution in [0.2, 0.25) is 0 Å². The second kappa shape index (κ2) is 7.83. The Morgan fingerprint density at radius 3 is 1.65 bits per heavy atom. The lowest BCUT2D eigenvalue weighted by molar-refractivity contribution is -0.181. The van der Waals surface area contributed by atoms with E-state index in [-0.39, 0.29) is 0 Å². The quantitative estimate of drug-likeness (QED) is 0.696. The molecule has 0 atom stereocenters. The van der Waals surface area contributed by atoms with Gasteiger partial charge in [-0.1, -0.05) is 74.5 Å². The molecule has 0 spiro atoms. The first-order valence-electron chi connectivity index (χ1n) is 7.20. The summed E-state index contributed by atoms with van der Waals surface area (Å²) in [4.78, 5) is 5.94. The molecule has 2 aromatic carbocycles. The van der Waals surface area contributed by atoms with Crippen LogP contribution >= 0.6 is 0 Å². The van der Waals surface area contributed by atoms with Gasteiger partial charge in [-0.15, -0.1) is 0 Å². The van der Waals surface area contributed by atoms with Crippen molar-refractivity contribution in [1.82, 2.24) is 5.06 Å². The van der Waals surface area contributed by atoms with Gasteiger partial charge in [0, 0.05) is 13.1 Å². The van der Waals surface area contributed by atoms with Crippen LogP contribution in [0.3, 0.4) is 0 Å². The summed E-state index contributed by atoms with van der Waals surface area (Å²) < 4.78 is 0. The lowest BCUT2D eigenvalue weighted by atomic mass is 10.2. The second-order valence-electron chi connectivity index (χ2n) is 5.46. The van der Waals surface area contributed by atoms with Crippen molar-refractivity contribution in [2.24, 2.45) is 5.92 Å². The Kier molecular flexibility index (Phi) is 5.78. The summed E-state index contributed by atoms with van der Waals surface area (Å²) in [5, 5.41) is 2.05. The third kappa shape index (κ3) is 5.16. The summed E-state index contributed by atoms with van der Waals surface area (Å²) in [5.74, 6) is 0.532. The maximum absolute atomic E-state index is 5.94. The fraction of sp³-hybridized carbons (Fsp3) is 0.333. The molecule has 0 saturated carbocycles. The third-order valence-corrected chi connectivity index (χ3v) is 2.99. The van der Waals surface area contributed by atoms with Crippen molar-refractivity contribution < 1.29 is 4.84 Å². The lowest BCUT2D eigenvalue weighted by Gasteiger charge is -2.23. The van der Waals surface area contributed by atoms with Crippen LogP contribution in [0.25, 0.3) is 0 Å². The molecule has 0 amide bonds. The topological polar surface area (TPSA) is 12.5 Å². The zero-order valence-corrected chi connectivity index (χ0v) is 12.3. The van der Waals surface area contributed by atoms with Gasteiger partial charge in [-0.2, -0.15) is 5.06 Å². The molecule has 0 fully saturated rings. The van der Waals surface area contributed by atoms with E-state index >= 15 is 0 Å². The van der Waals surface area contributed by atoms with Crippen LogP contribution in [0.15, 0.2) is 60.7 Å². The maximum atomic E-state index is 5.94. The molecule has 0 unspecified atom stereocenters. The fourth-order valence-corrected chi connectivity index (χ4v) is 1.98. The molecule has 0 aliphatic rings. The largest absolute Gasteiger partial charge is 0.298 e. The maximum Gasteiger partial charge on any atom is 0.0708 e. The molecule has 2 rings (SSSR count). The average molecular weight is 269 g/mol. The Morgan fingerprint density at radius 2 is 1.25 bits per heavy atom. The van der Waals surface area contributed by atoms with E-state index in [9.17, 15) is 0 Å². The number of hydrogen-bond acceptors (Lipinski definition) is 2. The van der Waals surface area contributed by atoms with Gasteiger partial charge in [-0.3, -0.25) is 4.84 Å². The van der Waals surface area contributed by atoms with Crippen molar-refractivity contribution in [2.75, 3.05) is 6.61 Å². The summed E-state index contributed by atoms with van der Waals surface area (Å²) in [7, 11) is 0. The zero-order chi connectivity index (χ0) is 14.2. The van der Waals surface area contributed by atoms with Crippen molar-refractivity contribution in [2.45, 2.75) is 26.9 Å². The molecular formula is C18H23NO. The van der Waals surface area contributed by atoms with Gasteiger partial charge in [0.2, 0.25) is 0 Å². The first-order valence-corrected chi connectivity index (χ1v) is 7.20. The van der Waals surface area contributed by atoms with Gasteiger partial charge in [-0.25, -0.2) is 0 Å². The van der Waals surface area contributed by atoms with Gasteiger partial charge in [0.15, 0.2) is 0 Å². The van der Waals surface area contributed by atoms with Gasteiger partial charge in [0.1, 0.15) is 0 Å². The van der Waals surface area contributed by atoms with E-state index in [1.54, 1.807) is 0 Å². The van der Waals surface area contributed by atoms with Crippen LogP contribution in [0.1, 0.15) is 25.0 Å². The highest BCUT2D eigenvalue weighted by Crippen LogP contribution is 2.11. The van der Waals surface area contributed by atoms with E-state index in [0.717, 1.165) is 19.7 Å². The Hall–Kier alpha value is -1.64. The second-order valence-corrected chi connectivity index (χ2v) is 5.46. The predicted octanol–water partition coefficient (Wildman–Crippen LogP) is 4.28. The van der Waals surface area contributed by atoms with Gasteiger partial charge in [-0.05, 0) is 17.0 Å². The molecule has 2 aromatic rings. The van der Waals surface area contributed by atoms with Crippen molar-refractivity contribution >= 4 is 0 Å². The first kappa shape index (κ1) is 14.8. The molecular weight excluding hydrogens is 246 g/mol. The smallest absolute Gasteiger partial charge is 0.0708 e. The highest BCUT2D eigenvalue weighted by atomic mass is 16.7. The molecule has 2 nitrogen and oxygen atoms in total. The van der Waals surface area contributed by atoms with Crippen molar-refractivity contribution in [3.05, 3.63) is 71.8 Å². The summed E-state index contributed by atoms with van der Waals surface area (Å²) in [6, 6.07) is 20.9. The average Bonchev–Trinajstić information content (AvgIpc) is 2.47. The van der Waals surface area contributed by atoms with Gasteiger partial charge >= 0.3 is 0 Å². The minimum absolute atomic E-state index is 0.532. The number of hydroxylamine groups is 2. The third-order valence-electron chi connectivity index (χ3n) is 2.99. The minimum atomic E-state index is 0.532. The highest BCUT2D eigenvalue weighted by molar-refractivity contribution is 5.16. The summed E-state index contributed by atoms with van der Waals surface area (Å²) in [5.41, 5.74) is 2.54. The molecule has 0 N–H and O–H groups in total. The SMILES string of the molecule is CC(C)CON(Cc1ccccc1)Cc1ccccc1. The van der Waals surface area contributed by atoms with Crippen LogP contribution in [-0.2, 0) is 17.9 Å². The summed E-state index contributed by atoms with van der Waals surface area (Å²) in [6.45, 7) is 6.71. The summed E-state index contributed by atoms with van der Waals surface area (Å²) in [6.07, 6.45) is 0. The molecule has 106 valence electrons. The normalized spacial score (nSPS) is 11.2. The first-order chi connectivity index (χ1) is 9.74. The van der Waals surface area contributed by atoms with E-state index in [2.05, 4.69) is 62.4 Å². The van der Waals surface area contributed by atoms with Gasteiger partial charge in [0.25, 0.3) is 0 Å². The monoisotopic (exact) mass is 269 g/mol. The van der Waals surface area contributed by atoms with E-state index in [1.165, 1.54) is 11.1 Å². The zero-order valence-electron chi connectivity index (χ0n) is 12.3. The van der Waals surface area contributed by atoms with E-state index in [4.69, 9.17) is 4.84 Å². The van der Waals surface area contributed by atoms with Crippen LogP contribution in [0.5, 0.6) is 0 Å². The number of rotatable bonds is 7. The molecule has 0 heterocycles. The summed E-state index contributed by atoms with van der Waals surface area (Å²) >= 11 is 0. The Labute approximate surface area is 122 Å². The lowest BCUT2D eigenvalue weighted by Crippen LogP contribution is -2.25. The minimum Gasteiger partial charge on any atom is -0.298 e. The van der Waals surface area contributed by atoms with E-state index < -0.39 is 0 Å². The van der Waals surface area contributed by atoms with E-state index in [0.29, 0.717) is 5.92 Å². The molecule has 0 aliphatic heterocycles. The molecule has 0 aliphatic carbocycles. The highest BCUT2D eigenvalue weighted by Gasteiger charge is 2.08. The Bertz CT molecular complexity index is 440. The molecule has 20 heavy (non-hydrogen) atoms. The van der Waals surface area contributed by atoms with Crippen LogP contribution < -0.4 is 0 Å². The Balaban J connectivity index is 2.00. The van der Waals surface area contributed by atoms with Gasteiger partial charge in [0.05, 0.1) is 6.61 Å². The van der Waals surface area contributed by atoms with Crippen LogP contribution in [-0.4, -0.2) is 11.7 Å². The molecule has 0 aromatic heterocycles. The van der Waals surface area contributed by atoms with Crippen molar-refractivity contribution in [1.29, 1.82) is 0 Å². The molecule has 0 radical (unpaired) electrons. The molecule has 0 saturated heterocycles. The van der Waals surface area contributed by atoms with Gasteiger partial charge < -0.3 is 0 Å². The number of hydrogen-bond donors (Lipinski definition) is 0. The molecule has 2 heteroatoms. The number of benzene rings is 2. The van der Waals surface area contributed by atoms with E-state index in [1.807, 2.05) is 17.2 Å².